The van der Waals surface area contributed by atoms with Crippen LogP contribution in [0.25, 0.3) is 0 Å². The fourth-order valence-corrected chi connectivity index (χ4v) is 2.63. The number of hydrogen-bond donors (Lipinski definition) is 2. The standard InChI is InChI=1S/C14H17F4NO/c15-11-8-10(14(16,17)18)4-5-12(11)19-13(9-20)6-2-1-3-7-13/h4-5,8,19-20H,1-3,6-7,9H2. The first-order valence-electron chi connectivity index (χ1n) is 6.62. The molecule has 0 radical (unpaired) electrons. The molecule has 0 atom stereocenters. The third kappa shape index (κ3) is 3.23. The predicted octanol–water partition coefficient (Wildman–Crippen LogP) is 3.95. The molecule has 1 aliphatic rings. The second-order valence-corrected chi connectivity index (χ2v) is 5.32. The Hall–Kier alpha value is -1.30. The van der Waals surface area contributed by atoms with Gasteiger partial charge in [-0.2, -0.15) is 13.2 Å². The highest BCUT2D eigenvalue weighted by Crippen LogP contribution is 2.35. The monoisotopic (exact) mass is 291 g/mol. The lowest BCUT2D eigenvalue weighted by Gasteiger charge is -2.37. The predicted molar refractivity (Wildman–Crippen MR) is 67.9 cm³/mol. The first-order valence-corrected chi connectivity index (χ1v) is 6.62. The minimum atomic E-state index is -4.56. The second-order valence-electron chi connectivity index (χ2n) is 5.32. The van der Waals surface area contributed by atoms with Crippen LogP contribution in [-0.4, -0.2) is 17.3 Å². The third-order valence-corrected chi connectivity index (χ3v) is 3.81. The smallest absolute Gasteiger partial charge is 0.394 e. The molecule has 112 valence electrons. The van der Waals surface area contributed by atoms with Crippen LogP contribution in [-0.2, 0) is 6.18 Å². The SMILES string of the molecule is OCC1(Nc2ccc(C(F)(F)F)cc2F)CCCCC1. The number of hydrogen-bond acceptors (Lipinski definition) is 2. The van der Waals surface area contributed by atoms with Crippen molar-refractivity contribution < 1.29 is 22.7 Å². The van der Waals surface area contributed by atoms with Gasteiger partial charge in [0.05, 0.1) is 23.4 Å². The molecule has 20 heavy (non-hydrogen) atoms. The summed E-state index contributed by atoms with van der Waals surface area (Å²) < 4.78 is 51.2. The Balaban J connectivity index is 2.21. The molecule has 1 fully saturated rings. The highest BCUT2D eigenvalue weighted by Gasteiger charge is 2.34. The Kier molecular flexibility index (Phi) is 4.22. The van der Waals surface area contributed by atoms with Gasteiger partial charge in [-0.1, -0.05) is 19.3 Å². The molecule has 0 amide bonds. The molecule has 0 aliphatic heterocycles. The molecule has 0 aromatic heterocycles. The van der Waals surface area contributed by atoms with Gasteiger partial charge < -0.3 is 10.4 Å². The van der Waals surface area contributed by atoms with E-state index in [4.69, 9.17) is 0 Å². The molecule has 6 heteroatoms. The van der Waals surface area contributed by atoms with Crippen molar-refractivity contribution in [2.45, 2.75) is 43.8 Å². The van der Waals surface area contributed by atoms with Crippen LogP contribution in [0.1, 0.15) is 37.7 Å². The van der Waals surface area contributed by atoms with E-state index in [0.717, 1.165) is 31.4 Å². The van der Waals surface area contributed by atoms with Crippen molar-refractivity contribution >= 4 is 5.69 Å². The van der Waals surface area contributed by atoms with Gasteiger partial charge in [-0.05, 0) is 31.0 Å². The molecule has 0 saturated heterocycles. The molecule has 0 unspecified atom stereocenters. The summed E-state index contributed by atoms with van der Waals surface area (Å²) in [7, 11) is 0. The Labute approximate surface area is 114 Å². The van der Waals surface area contributed by atoms with E-state index in [9.17, 15) is 22.7 Å². The lowest BCUT2D eigenvalue weighted by atomic mass is 9.82. The summed E-state index contributed by atoms with van der Waals surface area (Å²) in [6, 6.07) is 2.42. The highest BCUT2D eigenvalue weighted by molar-refractivity contribution is 5.49. The van der Waals surface area contributed by atoms with E-state index in [1.807, 2.05) is 0 Å². The number of aliphatic hydroxyl groups is 1. The summed E-state index contributed by atoms with van der Waals surface area (Å²) in [5.74, 6) is -0.946. The maximum atomic E-state index is 13.8. The van der Waals surface area contributed by atoms with E-state index in [0.29, 0.717) is 18.9 Å². The second kappa shape index (κ2) is 5.60. The molecular weight excluding hydrogens is 274 g/mol. The van der Waals surface area contributed by atoms with Gasteiger partial charge in [0, 0.05) is 0 Å². The maximum absolute atomic E-state index is 13.8. The van der Waals surface area contributed by atoms with Gasteiger partial charge in [0.15, 0.2) is 0 Å². The summed E-state index contributed by atoms with van der Waals surface area (Å²) in [5, 5.41) is 12.4. The molecule has 1 aromatic carbocycles. The van der Waals surface area contributed by atoms with E-state index < -0.39 is 23.1 Å². The van der Waals surface area contributed by atoms with E-state index in [2.05, 4.69) is 5.32 Å². The van der Waals surface area contributed by atoms with E-state index in [-0.39, 0.29) is 12.3 Å². The van der Waals surface area contributed by atoms with Crippen LogP contribution in [0.4, 0.5) is 23.2 Å². The van der Waals surface area contributed by atoms with Gasteiger partial charge in [0.2, 0.25) is 0 Å². The molecule has 1 saturated carbocycles. The zero-order valence-corrected chi connectivity index (χ0v) is 10.9. The fourth-order valence-electron chi connectivity index (χ4n) is 2.63. The molecule has 0 bridgehead atoms. The Bertz CT molecular complexity index is 467. The highest BCUT2D eigenvalue weighted by atomic mass is 19.4. The van der Waals surface area contributed by atoms with Crippen LogP contribution < -0.4 is 5.32 Å². The van der Waals surface area contributed by atoms with Crippen LogP contribution in [0.15, 0.2) is 18.2 Å². The number of halogens is 4. The molecular formula is C14H17F4NO. The topological polar surface area (TPSA) is 32.3 Å². The average molecular weight is 291 g/mol. The Morgan fingerprint density at radius 1 is 1.15 bits per heavy atom. The van der Waals surface area contributed by atoms with Crippen molar-refractivity contribution in [1.82, 2.24) is 0 Å². The van der Waals surface area contributed by atoms with Gasteiger partial charge in [0.25, 0.3) is 0 Å². The summed E-state index contributed by atoms with van der Waals surface area (Å²) in [6.07, 6.45) is -0.308. The number of anilines is 1. The summed E-state index contributed by atoms with van der Waals surface area (Å²) in [5.41, 5.74) is -1.63. The van der Waals surface area contributed by atoms with E-state index >= 15 is 0 Å². The first-order chi connectivity index (χ1) is 9.36. The van der Waals surface area contributed by atoms with E-state index in [1.165, 1.54) is 0 Å². The van der Waals surface area contributed by atoms with Crippen LogP contribution in [0.3, 0.4) is 0 Å². The van der Waals surface area contributed by atoms with E-state index in [1.54, 1.807) is 0 Å². The molecule has 0 heterocycles. The lowest BCUT2D eigenvalue weighted by Crippen LogP contribution is -2.44. The summed E-state index contributed by atoms with van der Waals surface area (Å²) in [4.78, 5) is 0. The number of benzene rings is 1. The van der Waals surface area contributed by atoms with Crippen molar-refractivity contribution in [3.8, 4) is 0 Å². The quantitative estimate of drug-likeness (QED) is 0.826. The molecule has 1 aliphatic carbocycles. The zero-order chi connectivity index (χ0) is 14.8. The van der Waals surface area contributed by atoms with Crippen LogP contribution >= 0.6 is 0 Å². The first kappa shape index (κ1) is 15.1. The molecule has 1 aromatic rings. The normalized spacial score (nSPS) is 18.9. The van der Waals surface area contributed by atoms with Gasteiger partial charge in [-0.25, -0.2) is 4.39 Å². The number of nitrogens with one attached hydrogen (secondary N) is 1. The van der Waals surface area contributed by atoms with Crippen molar-refractivity contribution in [2.75, 3.05) is 11.9 Å². The summed E-state index contributed by atoms with van der Waals surface area (Å²) in [6.45, 7) is -0.159. The Morgan fingerprint density at radius 3 is 2.30 bits per heavy atom. The van der Waals surface area contributed by atoms with Gasteiger partial charge >= 0.3 is 6.18 Å². The minimum Gasteiger partial charge on any atom is -0.394 e. The average Bonchev–Trinajstić information content (AvgIpc) is 2.41. The maximum Gasteiger partial charge on any atom is 0.416 e. The largest absolute Gasteiger partial charge is 0.416 e. The summed E-state index contributed by atoms with van der Waals surface area (Å²) >= 11 is 0. The van der Waals surface area contributed by atoms with Crippen LogP contribution in [0.5, 0.6) is 0 Å². The minimum absolute atomic E-state index is 0.00829. The number of aliphatic hydroxyl groups excluding tert-OH is 1. The third-order valence-electron chi connectivity index (χ3n) is 3.81. The van der Waals surface area contributed by atoms with Gasteiger partial charge in [0.1, 0.15) is 5.82 Å². The molecule has 2 N–H and O–H groups in total. The number of alkyl halides is 3. The molecule has 0 spiro atoms. The fraction of sp³-hybridized carbons (Fsp3) is 0.571. The van der Waals surface area contributed by atoms with Crippen LogP contribution in [0.2, 0.25) is 0 Å². The van der Waals surface area contributed by atoms with Crippen molar-refractivity contribution in [1.29, 1.82) is 0 Å². The lowest BCUT2D eigenvalue weighted by molar-refractivity contribution is -0.137. The molecule has 2 rings (SSSR count). The van der Waals surface area contributed by atoms with Gasteiger partial charge in [-0.3, -0.25) is 0 Å². The number of rotatable bonds is 3. The Morgan fingerprint density at radius 2 is 1.80 bits per heavy atom. The van der Waals surface area contributed by atoms with Crippen molar-refractivity contribution in [3.05, 3.63) is 29.6 Å². The van der Waals surface area contributed by atoms with Crippen molar-refractivity contribution in [2.24, 2.45) is 0 Å². The van der Waals surface area contributed by atoms with Gasteiger partial charge in [-0.15, -0.1) is 0 Å². The van der Waals surface area contributed by atoms with Crippen LogP contribution in [0, 0.1) is 5.82 Å². The van der Waals surface area contributed by atoms with Crippen molar-refractivity contribution in [3.63, 3.8) is 0 Å². The zero-order valence-electron chi connectivity index (χ0n) is 10.9. The molecule has 2 nitrogen and oxygen atoms in total.